The predicted octanol–water partition coefficient (Wildman–Crippen LogP) is 3.06. The number of carbonyl (C=O) groups excluding carboxylic acids is 1. The van der Waals surface area contributed by atoms with Crippen LogP contribution >= 0.6 is 11.6 Å². The van der Waals surface area contributed by atoms with Crippen molar-refractivity contribution in [2.45, 2.75) is 37.5 Å². The van der Waals surface area contributed by atoms with Gasteiger partial charge >= 0.3 is 12.0 Å². The third kappa shape index (κ3) is 4.34. The molecule has 0 unspecified atom stereocenters. The fraction of sp³-hybridized carbons (Fsp3) is 0.500. The Morgan fingerprint density at radius 2 is 1.96 bits per heavy atom. The second kappa shape index (κ2) is 7.64. The highest BCUT2D eigenvalue weighted by Crippen LogP contribution is 2.42. The van der Waals surface area contributed by atoms with E-state index in [0.29, 0.717) is 12.1 Å². The van der Waals surface area contributed by atoms with Gasteiger partial charge in [-0.3, -0.25) is 4.79 Å². The lowest BCUT2D eigenvalue weighted by molar-refractivity contribution is -0.136. The summed E-state index contributed by atoms with van der Waals surface area (Å²) in [6.45, 7) is 0.350. The van der Waals surface area contributed by atoms with Crippen LogP contribution in [0, 0.1) is 5.82 Å². The third-order valence-corrected chi connectivity index (χ3v) is 4.59. The van der Waals surface area contributed by atoms with Crippen LogP contribution in [0.25, 0.3) is 0 Å². The number of amides is 2. The summed E-state index contributed by atoms with van der Waals surface area (Å²) in [5, 5.41) is 13.8. The van der Waals surface area contributed by atoms with Crippen LogP contribution < -0.4 is 10.6 Å². The van der Waals surface area contributed by atoms with Crippen molar-refractivity contribution in [3.63, 3.8) is 0 Å². The maximum atomic E-state index is 14.4. The van der Waals surface area contributed by atoms with Gasteiger partial charge in [0.15, 0.2) is 0 Å². The summed E-state index contributed by atoms with van der Waals surface area (Å²) in [6.07, 6.45) is 3.35. The van der Waals surface area contributed by atoms with Crippen molar-refractivity contribution in [2.24, 2.45) is 0 Å². The first-order valence-electron chi connectivity index (χ1n) is 7.63. The summed E-state index contributed by atoms with van der Waals surface area (Å²) in [5.74, 6) is -1.40. The zero-order valence-corrected chi connectivity index (χ0v) is 13.5. The molecule has 0 saturated heterocycles. The smallest absolute Gasteiger partial charge is 0.314 e. The van der Waals surface area contributed by atoms with E-state index in [-0.39, 0.29) is 18.0 Å². The van der Waals surface area contributed by atoms with Crippen molar-refractivity contribution in [2.75, 3.05) is 13.1 Å². The first-order valence-corrected chi connectivity index (χ1v) is 8.00. The normalized spacial score (nSPS) is 16.1. The molecule has 1 aromatic rings. The predicted molar refractivity (Wildman–Crippen MR) is 85.2 cm³/mol. The highest BCUT2D eigenvalue weighted by Gasteiger charge is 2.38. The first kappa shape index (κ1) is 17.5. The monoisotopic (exact) mass is 342 g/mol. The summed E-state index contributed by atoms with van der Waals surface area (Å²) >= 11 is 5.88. The van der Waals surface area contributed by atoms with E-state index in [1.807, 2.05) is 0 Å². The minimum absolute atomic E-state index is 0.0553. The summed E-state index contributed by atoms with van der Waals surface area (Å²) in [5.41, 5.74) is 0.0763. The summed E-state index contributed by atoms with van der Waals surface area (Å²) in [4.78, 5) is 22.2. The van der Waals surface area contributed by atoms with Gasteiger partial charge in [-0.15, -0.1) is 0 Å². The van der Waals surface area contributed by atoms with E-state index >= 15 is 0 Å². The molecule has 7 heteroatoms. The maximum absolute atomic E-state index is 14.4. The molecule has 1 aromatic carbocycles. The molecule has 3 N–H and O–H groups in total. The van der Waals surface area contributed by atoms with Crippen molar-refractivity contribution >= 4 is 23.6 Å². The molecule has 126 valence electrons. The molecule has 0 heterocycles. The Morgan fingerprint density at radius 1 is 1.26 bits per heavy atom. The van der Waals surface area contributed by atoms with Crippen molar-refractivity contribution in [1.82, 2.24) is 10.6 Å². The standard InChI is InChI=1S/C16H20ClFN2O3/c17-12-5-3-4-11(14(12)18)16(7-1-2-8-16)10-20-15(23)19-9-6-13(21)22/h3-5H,1-2,6-10H2,(H,21,22)(H2,19,20,23). The van der Waals surface area contributed by atoms with Crippen LogP contribution in [0.5, 0.6) is 0 Å². The molecule has 1 aliphatic rings. The van der Waals surface area contributed by atoms with Crippen LogP contribution in [0.4, 0.5) is 9.18 Å². The van der Waals surface area contributed by atoms with Gasteiger partial charge in [-0.1, -0.05) is 36.6 Å². The number of hydrogen-bond acceptors (Lipinski definition) is 2. The van der Waals surface area contributed by atoms with Gasteiger partial charge in [-0.25, -0.2) is 9.18 Å². The van der Waals surface area contributed by atoms with E-state index < -0.39 is 23.2 Å². The van der Waals surface area contributed by atoms with Crippen molar-refractivity contribution in [3.05, 3.63) is 34.6 Å². The zero-order chi connectivity index (χ0) is 16.9. The van der Waals surface area contributed by atoms with Crippen LogP contribution in [0.15, 0.2) is 18.2 Å². The number of benzene rings is 1. The maximum Gasteiger partial charge on any atom is 0.314 e. The van der Waals surface area contributed by atoms with Gasteiger partial charge in [-0.2, -0.15) is 0 Å². The molecule has 2 rings (SSSR count). The van der Waals surface area contributed by atoms with Crippen LogP contribution in [0.1, 0.15) is 37.7 Å². The number of halogens is 2. The summed E-state index contributed by atoms with van der Waals surface area (Å²) in [7, 11) is 0. The highest BCUT2D eigenvalue weighted by molar-refractivity contribution is 6.30. The molecule has 0 aliphatic heterocycles. The average molecular weight is 343 g/mol. The van der Waals surface area contributed by atoms with Gasteiger partial charge in [0, 0.05) is 18.5 Å². The quantitative estimate of drug-likeness (QED) is 0.743. The molecular weight excluding hydrogens is 323 g/mol. The molecule has 0 spiro atoms. The Labute approximate surface area is 139 Å². The second-order valence-corrected chi connectivity index (χ2v) is 6.25. The zero-order valence-electron chi connectivity index (χ0n) is 12.7. The lowest BCUT2D eigenvalue weighted by Crippen LogP contribution is -2.44. The lowest BCUT2D eigenvalue weighted by atomic mass is 9.78. The van der Waals surface area contributed by atoms with Crippen molar-refractivity contribution in [1.29, 1.82) is 0 Å². The number of nitrogens with one attached hydrogen (secondary N) is 2. The van der Waals surface area contributed by atoms with Gasteiger partial charge in [0.2, 0.25) is 0 Å². The molecule has 1 aliphatic carbocycles. The van der Waals surface area contributed by atoms with E-state index in [1.165, 1.54) is 6.07 Å². The molecule has 0 atom stereocenters. The van der Waals surface area contributed by atoms with Crippen LogP contribution in [0.2, 0.25) is 5.02 Å². The summed E-state index contributed by atoms with van der Waals surface area (Å²) in [6, 6.07) is 4.50. The number of urea groups is 1. The topological polar surface area (TPSA) is 78.4 Å². The number of rotatable bonds is 6. The van der Waals surface area contributed by atoms with Crippen molar-refractivity contribution < 1.29 is 19.1 Å². The SMILES string of the molecule is O=C(O)CCNC(=O)NCC1(c2cccc(Cl)c2F)CCCC1. The average Bonchev–Trinajstić information content (AvgIpc) is 2.97. The Balaban J connectivity index is 2.03. The van der Waals surface area contributed by atoms with Gasteiger partial charge < -0.3 is 15.7 Å². The fourth-order valence-corrected chi connectivity index (χ4v) is 3.28. The van der Waals surface area contributed by atoms with Crippen LogP contribution in [-0.4, -0.2) is 30.2 Å². The van der Waals surface area contributed by atoms with Gasteiger partial charge in [-0.05, 0) is 24.5 Å². The van der Waals surface area contributed by atoms with E-state index in [1.54, 1.807) is 12.1 Å². The van der Waals surface area contributed by atoms with E-state index in [4.69, 9.17) is 16.7 Å². The molecule has 23 heavy (non-hydrogen) atoms. The molecule has 0 aromatic heterocycles. The Morgan fingerprint density at radius 3 is 2.61 bits per heavy atom. The number of hydrogen-bond donors (Lipinski definition) is 3. The van der Waals surface area contributed by atoms with Crippen LogP contribution in [-0.2, 0) is 10.2 Å². The Bertz CT molecular complexity index is 589. The number of carboxylic acid groups (broad SMARTS) is 1. The largest absolute Gasteiger partial charge is 0.481 e. The first-order chi connectivity index (χ1) is 10.9. The van der Waals surface area contributed by atoms with E-state index in [2.05, 4.69) is 10.6 Å². The van der Waals surface area contributed by atoms with Gasteiger partial charge in [0.1, 0.15) is 5.82 Å². The van der Waals surface area contributed by atoms with Crippen molar-refractivity contribution in [3.8, 4) is 0 Å². The highest BCUT2D eigenvalue weighted by atomic mass is 35.5. The number of aliphatic carboxylic acids is 1. The molecule has 0 bridgehead atoms. The molecule has 0 radical (unpaired) electrons. The number of carbonyl (C=O) groups is 2. The van der Waals surface area contributed by atoms with E-state index in [0.717, 1.165) is 25.7 Å². The minimum atomic E-state index is -0.974. The molecule has 5 nitrogen and oxygen atoms in total. The lowest BCUT2D eigenvalue weighted by Gasteiger charge is -2.30. The fourth-order valence-electron chi connectivity index (χ4n) is 3.10. The Hall–Kier alpha value is -1.82. The molecule has 1 fully saturated rings. The van der Waals surface area contributed by atoms with Gasteiger partial charge in [0.05, 0.1) is 11.4 Å². The minimum Gasteiger partial charge on any atom is -0.481 e. The third-order valence-electron chi connectivity index (χ3n) is 4.30. The molecule has 2 amide bonds. The summed E-state index contributed by atoms with van der Waals surface area (Å²) < 4.78 is 14.4. The van der Waals surface area contributed by atoms with Crippen LogP contribution in [0.3, 0.4) is 0 Å². The Kier molecular flexibility index (Phi) is 5.82. The second-order valence-electron chi connectivity index (χ2n) is 5.84. The number of carboxylic acids is 1. The molecular formula is C16H20ClFN2O3. The van der Waals surface area contributed by atoms with Gasteiger partial charge in [0.25, 0.3) is 0 Å². The van der Waals surface area contributed by atoms with E-state index in [9.17, 15) is 14.0 Å². The molecule has 1 saturated carbocycles.